The second-order valence-corrected chi connectivity index (χ2v) is 5.16. The van der Waals surface area contributed by atoms with Crippen molar-refractivity contribution in [2.75, 3.05) is 20.3 Å². The summed E-state index contributed by atoms with van der Waals surface area (Å²) in [5.41, 5.74) is 2.64. The van der Waals surface area contributed by atoms with Gasteiger partial charge in [-0.1, -0.05) is 12.1 Å². The molecule has 0 atom stereocenters. The average Bonchev–Trinajstić information content (AvgIpc) is 2.71. The van der Waals surface area contributed by atoms with E-state index in [0.717, 1.165) is 0 Å². The molecule has 0 radical (unpaired) electrons. The van der Waals surface area contributed by atoms with Crippen LogP contribution in [-0.4, -0.2) is 37.4 Å². The van der Waals surface area contributed by atoms with E-state index in [1.165, 1.54) is 31.5 Å². The summed E-state index contributed by atoms with van der Waals surface area (Å²) in [6.45, 7) is -0.550. The Balaban J connectivity index is 1.91. The van der Waals surface area contributed by atoms with Crippen LogP contribution in [0.4, 0.5) is 5.69 Å². The number of methoxy groups -OCH3 is 1. The number of ether oxygens (including phenoxy) is 3. The number of carbonyl (C=O) groups is 1. The maximum absolute atomic E-state index is 11.8. The fraction of sp³-hybridized carbons (Fsp3) is 0.167. The fourth-order valence-electron chi connectivity index (χ4n) is 2.08. The lowest BCUT2D eigenvalue weighted by Gasteiger charge is -2.08. The third kappa shape index (κ3) is 5.70. The van der Waals surface area contributed by atoms with Gasteiger partial charge in [0, 0.05) is 6.07 Å². The Hall–Kier alpha value is -4.13. The summed E-state index contributed by atoms with van der Waals surface area (Å²) in [6, 6.07) is 12.5. The molecule has 0 aliphatic rings. The van der Waals surface area contributed by atoms with Crippen LogP contribution < -0.4 is 19.6 Å². The Labute approximate surface area is 160 Å². The quantitative estimate of drug-likeness (QED) is 0.397. The monoisotopic (exact) mass is 384 g/mol. The highest BCUT2D eigenvalue weighted by Crippen LogP contribution is 2.27. The molecule has 0 unspecified atom stereocenters. The number of carbonyl (C=O) groups excluding carboxylic acids is 1. The maximum Gasteiger partial charge on any atom is 0.310 e. The number of nitro benzene ring substituents is 1. The first-order valence-electron chi connectivity index (χ1n) is 7.91. The zero-order valence-electron chi connectivity index (χ0n) is 14.8. The summed E-state index contributed by atoms with van der Waals surface area (Å²) < 4.78 is 15.5. The van der Waals surface area contributed by atoms with Gasteiger partial charge in [-0.15, -0.1) is 0 Å². The molecule has 0 fully saturated rings. The van der Waals surface area contributed by atoms with Crippen LogP contribution in [0.15, 0.2) is 47.6 Å². The number of rotatable bonds is 9. The van der Waals surface area contributed by atoms with E-state index in [9.17, 15) is 14.9 Å². The van der Waals surface area contributed by atoms with Gasteiger partial charge in [0.25, 0.3) is 5.91 Å². The van der Waals surface area contributed by atoms with E-state index in [0.29, 0.717) is 17.1 Å². The average molecular weight is 384 g/mol. The molecule has 28 heavy (non-hydrogen) atoms. The van der Waals surface area contributed by atoms with E-state index in [1.807, 2.05) is 6.07 Å². The number of nitro groups is 1. The summed E-state index contributed by atoms with van der Waals surface area (Å²) in [6.07, 6.45) is 1.37. The molecule has 1 N–H and O–H groups in total. The van der Waals surface area contributed by atoms with Crippen molar-refractivity contribution in [1.29, 1.82) is 5.26 Å². The van der Waals surface area contributed by atoms with Crippen molar-refractivity contribution in [2.45, 2.75) is 0 Å². The number of hydrogen-bond donors (Lipinski definition) is 1. The molecule has 0 bridgehead atoms. The molecule has 2 aromatic rings. The van der Waals surface area contributed by atoms with E-state index in [4.69, 9.17) is 19.5 Å². The number of nitrogens with one attached hydrogen (secondary N) is 1. The topological polar surface area (TPSA) is 136 Å². The normalized spacial score (nSPS) is 10.1. The zero-order chi connectivity index (χ0) is 20.4. The molecular weight excluding hydrogens is 368 g/mol. The van der Waals surface area contributed by atoms with Crippen LogP contribution in [0.5, 0.6) is 17.2 Å². The number of amides is 1. The van der Waals surface area contributed by atoms with Gasteiger partial charge >= 0.3 is 5.69 Å². The summed E-state index contributed by atoms with van der Waals surface area (Å²) in [5, 5.41) is 23.2. The number of hydrazone groups is 1. The molecule has 10 heteroatoms. The van der Waals surface area contributed by atoms with Crippen LogP contribution >= 0.6 is 0 Å². The lowest BCUT2D eigenvalue weighted by molar-refractivity contribution is -0.385. The van der Waals surface area contributed by atoms with Gasteiger partial charge in [0.2, 0.25) is 0 Å². The summed E-state index contributed by atoms with van der Waals surface area (Å²) in [5.74, 6) is 0.216. The molecule has 0 aliphatic heterocycles. The van der Waals surface area contributed by atoms with Crippen LogP contribution in [-0.2, 0) is 4.79 Å². The molecular formula is C18H16N4O6. The Morgan fingerprint density at radius 1 is 1.25 bits per heavy atom. The first-order valence-corrected chi connectivity index (χ1v) is 7.91. The first kappa shape index (κ1) is 20.2. The van der Waals surface area contributed by atoms with Crippen molar-refractivity contribution in [1.82, 2.24) is 5.43 Å². The second kappa shape index (κ2) is 10.1. The smallest absolute Gasteiger partial charge is 0.310 e. The summed E-state index contributed by atoms with van der Waals surface area (Å²) >= 11 is 0. The van der Waals surface area contributed by atoms with Crippen LogP contribution in [0.25, 0.3) is 0 Å². The number of nitriles is 1. The van der Waals surface area contributed by atoms with Crippen molar-refractivity contribution in [3.8, 4) is 23.3 Å². The van der Waals surface area contributed by atoms with E-state index < -0.39 is 17.4 Å². The minimum absolute atomic E-state index is 0.00989. The fourth-order valence-corrected chi connectivity index (χ4v) is 2.08. The third-order valence-corrected chi connectivity index (χ3v) is 3.30. The number of hydrogen-bond acceptors (Lipinski definition) is 8. The summed E-state index contributed by atoms with van der Waals surface area (Å²) in [7, 11) is 1.46. The number of benzene rings is 2. The SMILES string of the molecule is COc1cc(/C=N/NC(=O)COc2ccccc2[N+](=O)[O-])ccc1OCC#N. The number of para-hydroxylation sites is 2. The highest BCUT2D eigenvalue weighted by molar-refractivity contribution is 5.83. The predicted molar refractivity (Wildman–Crippen MR) is 98.4 cm³/mol. The molecule has 144 valence electrons. The molecule has 1 amide bonds. The summed E-state index contributed by atoms with van der Waals surface area (Å²) in [4.78, 5) is 22.1. The highest BCUT2D eigenvalue weighted by atomic mass is 16.6. The van der Waals surface area contributed by atoms with Gasteiger partial charge in [-0.05, 0) is 29.8 Å². The van der Waals surface area contributed by atoms with Crippen molar-refractivity contribution < 1.29 is 23.9 Å². The van der Waals surface area contributed by atoms with Gasteiger partial charge in [0.1, 0.15) is 6.07 Å². The van der Waals surface area contributed by atoms with Crippen LogP contribution in [0, 0.1) is 21.4 Å². The van der Waals surface area contributed by atoms with E-state index in [2.05, 4.69) is 10.5 Å². The zero-order valence-corrected chi connectivity index (χ0v) is 14.8. The largest absolute Gasteiger partial charge is 0.493 e. The van der Waals surface area contributed by atoms with E-state index >= 15 is 0 Å². The first-order chi connectivity index (χ1) is 13.5. The molecule has 2 rings (SSSR count). The number of nitrogens with zero attached hydrogens (tertiary/aromatic N) is 3. The standard InChI is InChI=1S/C18H16N4O6/c1-26-17-10-13(6-7-16(17)27-9-8-19)11-20-21-18(23)12-28-15-5-3-2-4-14(15)22(24)25/h2-7,10-11H,9,12H2,1H3,(H,21,23)/b20-11+. The van der Waals surface area contributed by atoms with Crippen molar-refractivity contribution in [3.63, 3.8) is 0 Å². The maximum atomic E-state index is 11.8. The molecule has 10 nitrogen and oxygen atoms in total. The minimum atomic E-state index is -0.594. The molecule has 0 spiro atoms. The molecule has 0 heterocycles. The van der Waals surface area contributed by atoms with Gasteiger partial charge < -0.3 is 14.2 Å². The Kier molecular flexibility index (Phi) is 7.30. The third-order valence-electron chi connectivity index (χ3n) is 3.30. The Bertz CT molecular complexity index is 923. The van der Waals surface area contributed by atoms with Crippen LogP contribution in [0.2, 0.25) is 0 Å². The van der Waals surface area contributed by atoms with Gasteiger partial charge in [-0.2, -0.15) is 10.4 Å². The van der Waals surface area contributed by atoms with Crippen LogP contribution in [0.3, 0.4) is 0 Å². The van der Waals surface area contributed by atoms with Gasteiger partial charge in [-0.3, -0.25) is 14.9 Å². The molecule has 0 saturated carbocycles. The van der Waals surface area contributed by atoms with Gasteiger partial charge in [-0.25, -0.2) is 5.43 Å². The molecule has 0 aromatic heterocycles. The van der Waals surface area contributed by atoms with Crippen molar-refractivity contribution in [3.05, 3.63) is 58.1 Å². The Morgan fingerprint density at radius 2 is 2.04 bits per heavy atom. The second-order valence-electron chi connectivity index (χ2n) is 5.16. The van der Waals surface area contributed by atoms with Crippen LogP contribution in [0.1, 0.15) is 5.56 Å². The molecule has 0 saturated heterocycles. The van der Waals surface area contributed by atoms with Gasteiger partial charge in [0.05, 0.1) is 18.2 Å². The Morgan fingerprint density at radius 3 is 2.75 bits per heavy atom. The minimum Gasteiger partial charge on any atom is -0.493 e. The van der Waals surface area contributed by atoms with E-state index in [1.54, 1.807) is 24.3 Å². The predicted octanol–water partition coefficient (Wildman–Crippen LogP) is 2.03. The van der Waals surface area contributed by atoms with E-state index in [-0.39, 0.29) is 18.0 Å². The van der Waals surface area contributed by atoms with Crippen molar-refractivity contribution in [2.24, 2.45) is 5.10 Å². The lowest BCUT2D eigenvalue weighted by Crippen LogP contribution is -2.24. The highest BCUT2D eigenvalue weighted by Gasteiger charge is 2.14. The van der Waals surface area contributed by atoms with Gasteiger partial charge in [0.15, 0.2) is 30.5 Å². The lowest BCUT2D eigenvalue weighted by atomic mass is 10.2. The molecule has 0 aliphatic carbocycles. The van der Waals surface area contributed by atoms with Crippen molar-refractivity contribution >= 4 is 17.8 Å². The molecule has 2 aromatic carbocycles.